The first-order valence-electron chi connectivity index (χ1n) is 5.79. The van der Waals surface area contributed by atoms with Crippen LogP contribution in [0.25, 0.3) is 0 Å². The van der Waals surface area contributed by atoms with Crippen molar-refractivity contribution in [2.24, 2.45) is 0 Å². The Kier molecular flexibility index (Phi) is 3.84. The van der Waals surface area contributed by atoms with E-state index in [0.717, 1.165) is 11.5 Å². The molecule has 1 fully saturated rings. The van der Waals surface area contributed by atoms with Crippen molar-refractivity contribution in [1.82, 2.24) is 4.31 Å². The molecule has 1 heterocycles. The minimum Gasteiger partial charge on any atom is -0.270 e. The molecular weight excluding hydrogens is 234 g/mol. The van der Waals surface area contributed by atoms with E-state index in [-0.39, 0.29) is 22.9 Å². The van der Waals surface area contributed by atoms with Crippen LogP contribution < -0.4 is 0 Å². The van der Waals surface area contributed by atoms with Crippen LogP contribution in [0.3, 0.4) is 0 Å². The summed E-state index contributed by atoms with van der Waals surface area (Å²) >= 11 is -0.284. The number of carbonyl (C=O) groups excluding carboxylic acids is 2. The lowest BCUT2D eigenvalue weighted by Gasteiger charge is -2.14. The molecule has 0 saturated carbocycles. The number of hydrogen-bond donors (Lipinski definition) is 0. The van der Waals surface area contributed by atoms with Crippen molar-refractivity contribution in [3.8, 4) is 0 Å². The molecule has 0 radical (unpaired) electrons. The Labute approximate surface area is 104 Å². The predicted octanol–water partition coefficient (Wildman–Crippen LogP) is 1.89. The highest BCUT2D eigenvalue weighted by molar-refractivity contribution is 7.94. The number of rotatable bonds is 4. The third-order valence-corrected chi connectivity index (χ3v) is 5.03. The van der Waals surface area contributed by atoms with E-state index in [2.05, 4.69) is 0 Å². The maximum absolute atomic E-state index is 11.7. The zero-order valence-corrected chi connectivity index (χ0v) is 10.7. The fourth-order valence-corrected chi connectivity index (χ4v) is 3.83. The average molecular weight is 250 g/mol. The van der Waals surface area contributed by atoms with E-state index in [1.165, 1.54) is 9.87 Å². The van der Waals surface area contributed by atoms with E-state index >= 15 is 0 Å². The number of carbonyl (C=O) groups is 2. The topological polar surface area (TPSA) is 37.4 Å². The molecule has 1 aromatic rings. The Morgan fingerprint density at radius 3 is 2.24 bits per heavy atom. The number of amides is 2. The highest BCUT2D eigenvalue weighted by atomic mass is 32.2. The summed E-state index contributed by atoms with van der Waals surface area (Å²) in [5, 5.41) is 0. The summed E-state index contributed by atoms with van der Waals surface area (Å²) in [4.78, 5) is 23.4. The van der Waals surface area contributed by atoms with Gasteiger partial charge in [-0.15, -0.1) is 0 Å². The molecule has 0 bridgehead atoms. The summed E-state index contributed by atoms with van der Waals surface area (Å²) in [7, 11) is 0. The summed E-state index contributed by atoms with van der Waals surface area (Å²) in [6.45, 7) is 2.03. The molecule has 1 aliphatic rings. The maximum atomic E-state index is 11.7. The average Bonchev–Trinajstić information content (AvgIpc) is 2.68. The van der Waals surface area contributed by atoms with Gasteiger partial charge in [-0.05, 0) is 6.92 Å². The molecular formula is C13H16NO2S+. The van der Waals surface area contributed by atoms with Gasteiger partial charge in [-0.2, -0.15) is 0 Å². The third-order valence-electron chi connectivity index (χ3n) is 2.77. The molecule has 1 aromatic carbocycles. The second kappa shape index (κ2) is 5.36. The lowest BCUT2D eigenvalue weighted by atomic mass is 10.2. The van der Waals surface area contributed by atoms with Gasteiger partial charge in [0.1, 0.15) is 16.8 Å². The molecule has 0 aliphatic carbocycles. The fraction of sp³-hybridized carbons (Fsp3) is 0.385. The van der Waals surface area contributed by atoms with Crippen molar-refractivity contribution < 1.29 is 9.59 Å². The van der Waals surface area contributed by atoms with Crippen LogP contribution in [0.5, 0.6) is 0 Å². The standard InChI is InChI=1S/C13H16NO2S/c1-2-17(10-11-6-4-3-5-7-11)14-12(15)8-9-13(14)16/h3-7H,2,8-10H2,1H3/q+1. The summed E-state index contributed by atoms with van der Waals surface area (Å²) < 4.78 is 1.49. The summed E-state index contributed by atoms with van der Waals surface area (Å²) in [5.74, 6) is 1.62. The largest absolute Gasteiger partial charge is 0.273 e. The Balaban J connectivity index is 2.11. The molecule has 1 atom stereocenters. The predicted molar refractivity (Wildman–Crippen MR) is 69.1 cm³/mol. The van der Waals surface area contributed by atoms with Crippen molar-refractivity contribution in [3.05, 3.63) is 35.9 Å². The summed E-state index contributed by atoms with van der Waals surface area (Å²) in [6.07, 6.45) is 0.772. The number of hydrogen-bond acceptors (Lipinski definition) is 2. The van der Waals surface area contributed by atoms with Gasteiger partial charge >= 0.3 is 0 Å². The van der Waals surface area contributed by atoms with Crippen molar-refractivity contribution in [1.29, 1.82) is 0 Å². The summed E-state index contributed by atoms with van der Waals surface area (Å²) in [6, 6.07) is 10.0. The monoisotopic (exact) mass is 250 g/mol. The minimum absolute atomic E-state index is 0.00360. The fourth-order valence-electron chi connectivity index (χ4n) is 1.91. The molecule has 2 amide bonds. The minimum atomic E-state index is -0.284. The van der Waals surface area contributed by atoms with Crippen molar-refractivity contribution >= 4 is 22.9 Å². The van der Waals surface area contributed by atoms with Crippen LogP contribution in [0.15, 0.2) is 30.3 Å². The van der Waals surface area contributed by atoms with Crippen LogP contribution in [-0.2, 0) is 26.4 Å². The normalized spacial score (nSPS) is 17.6. The molecule has 90 valence electrons. The second-order valence-corrected chi connectivity index (χ2v) is 6.12. The first kappa shape index (κ1) is 12.2. The van der Waals surface area contributed by atoms with E-state index in [1.807, 2.05) is 37.3 Å². The van der Waals surface area contributed by atoms with Crippen molar-refractivity contribution in [3.63, 3.8) is 0 Å². The van der Waals surface area contributed by atoms with Gasteiger partial charge in [0.25, 0.3) is 11.8 Å². The van der Waals surface area contributed by atoms with Crippen LogP contribution in [-0.4, -0.2) is 21.9 Å². The van der Waals surface area contributed by atoms with Gasteiger partial charge in [0, 0.05) is 18.4 Å². The smallest absolute Gasteiger partial charge is 0.270 e. The maximum Gasteiger partial charge on any atom is 0.273 e. The molecule has 0 spiro atoms. The quantitative estimate of drug-likeness (QED) is 0.604. The number of nitrogens with zero attached hydrogens (tertiary/aromatic N) is 1. The van der Waals surface area contributed by atoms with Crippen LogP contribution in [0.4, 0.5) is 0 Å². The van der Waals surface area contributed by atoms with Crippen molar-refractivity contribution in [2.45, 2.75) is 25.5 Å². The van der Waals surface area contributed by atoms with Crippen molar-refractivity contribution in [2.75, 3.05) is 5.75 Å². The first-order chi connectivity index (χ1) is 8.22. The zero-order valence-electron chi connectivity index (χ0n) is 9.89. The molecule has 1 aliphatic heterocycles. The van der Waals surface area contributed by atoms with E-state index < -0.39 is 0 Å². The molecule has 4 heteroatoms. The van der Waals surface area contributed by atoms with E-state index in [1.54, 1.807) is 0 Å². The molecule has 0 N–H and O–H groups in total. The Morgan fingerprint density at radius 2 is 1.71 bits per heavy atom. The molecule has 17 heavy (non-hydrogen) atoms. The molecule has 1 unspecified atom stereocenters. The van der Waals surface area contributed by atoms with E-state index in [4.69, 9.17) is 0 Å². The van der Waals surface area contributed by atoms with E-state index in [0.29, 0.717) is 12.8 Å². The molecule has 2 rings (SSSR count). The third kappa shape index (κ3) is 2.69. The van der Waals surface area contributed by atoms with Gasteiger partial charge in [0.05, 0.1) is 0 Å². The van der Waals surface area contributed by atoms with Gasteiger partial charge in [-0.25, -0.2) is 0 Å². The SMILES string of the molecule is CC[S+](Cc1ccccc1)N1C(=O)CCC1=O. The molecule has 3 nitrogen and oxygen atoms in total. The lowest BCUT2D eigenvalue weighted by molar-refractivity contribution is -0.132. The van der Waals surface area contributed by atoms with Crippen LogP contribution in [0.1, 0.15) is 25.3 Å². The Hall–Kier alpha value is -1.29. The molecule has 1 saturated heterocycles. The van der Waals surface area contributed by atoms with E-state index in [9.17, 15) is 9.59 Å². The Bertz CT molecular complexity index is 403. The zero-order chi connectivity index (χ0) is 12.3. The molecule has 0 aromatic heterocycles. The summed E-state index contributed by atoms with van der Waals surface area (Å²) in [5.41, 5.74) is 1.19. The Morgan fingerprint density at radius 1 is 1.12 bits per heavy atom. The highest BCUT2D eigenvalue weighted by Gasteiger charge is 2.42. The second-order valence-electron chi connectivity index (χ2n) is 3.96. The van der Waals surface area contributed by atoms with Gasteiger partial charge in [0.2, 0.25) is 0 Å². The van der Waals surface area contributed by atoms with Gasteiger partial charge in [-0.3, -0.25) is 9.59 Å². The van der Waals surface area contributed by atoms with Crippen LogP contribution in [0, 0.1) is 0 Å². The van der Waals surface area contributed by atoms with Crippen LogP contribution >= 0.6 is 0 Å². The van der Waals surface area contributed by atoms with Gasteiger partial charge < -0.3 is 0 Å². The van der Waals surface area contributed by atoms with Gasteiger partial charge in [0.15, 0.2) is 5.75 Å². The number of imide groups is 1. The van der Waals surface area contributed by atoms with Gasteiger partial charge in [-0.1, -0.05) is 34.6 Å². The highest BCUT2D eigenvalue weighted by Crippen LogP contribution is 2.21. The van der Waals surface area contributed by atoms with Crippen LogP contribution in [0.2, 0.25) is 0 Å². The number of benzene rings is 1. The first-order valence-corrected chi connectivity index (χ1v) is 7.31. The lowest BCUT2D eigenvalue weighted by Crippen LogP contribution is -2.37.